The Bertz CT molecular complexity index is 1300. The number of aromatic nitrogens is 2. The number of carbonyl (C=O) groups is 1. The molecule has 0 saturated heterocycles. The lowest BCUT2D eigenvalue weighted by atomic mass is 9.80. The molecule has 3 aliphatic rings. The largest absolute Gasteiger partial charge is 0.511 e. The maximum Gasteiger partial charge on any atom is 0.238 e. The second kappa shape index (κ2) is 7.31. The van der Waals surface area contributed by atoms with Crippen LogP contribution >= 0.6 is 11.6 Å². The van der Waals surface area contributed by atoms with Gasteiger partial charge in [0, 0.05) is 16.9 Å². The predicted octanol–water partition coefficient (Wildman–Crippen LogP) is 6.15. The first-order chi connectivity index (χ1) is 15.5. The zero-order valence-electron chi connectivity index (χ0n) is 17.7. The minimum Gasteiger partial charge on any atom is -0.511 e. The normalized spacial score (nSPS) is 26.2. The number of Topliss-reactive ketones (excluding diaryl/α,β-unsaturated/α-hetero) is 1. The van der Waals surface area contributed by atoms with Crippen LogP contribution in [0.2, 0.25) is 5.02 Å². The summed E-state index contributed by atoms with van der Waals surface area (Å²) in [5.41, 5.74) is 3.69. The molecule has 2 fully saturated rings. The summed E-state index contributed by atoms with van der Waals surface area (Å²) in [6.07, 6.45) is 5.62. The fraction of sp³-hybridized carbons (Fsp3) is 0.346. The van der Waals surface area contributed by atoms with Crippen molar-refractivity contribution in [3.63, 3.8) is 0 Å². The van der Waals surface area contributed by atoms with E-state index in [1.165, 1.54) is 0 Å². The number of allylic oxidation sites excluding steroid dienone is 2. The monoisotopic (exact) mass is 446 g/mol. The number of fused-ring (bicyclic) bond motifs is 6. The summed E-state index contributed by atoms with van der Waals surface area (Å²) in [6, 6.07) is 11.0. The lowest BCUT2D eigenvalue weighted by Crippen LogP contribution is -2.24. The molecule has 3 aromatic rings. The number of hydrogen-bond acceptors (Lipinski definition) is 5. The van der Waals surface area contributed by atoms with E-state index < -0.39 is 0 Å². The van der Waals surface area contributed by atoms with Crippen molar-refractivity contribution >= 4 is 34.0 Å². The molecule has 5 nitrogen and oxygen atoms in total. The van der Waals surface area contributed by atoms with Crippen LogP contribution in [0.25, 0.3) is 16.6 Å². The van der Waals surface area contributed by atoms with Crippen LogP contribution in [0.5, 0.6) is 11.6 Å². The van der Waals surface area contributed by atoms with Gasteiger partial charge in [0.1, 0.15) is 11.5 Å². The number of carbonyl (C=O) groups excluding carboxylic acids is 1. The third-order valence-corrected chi connectivity index (χ3v) is 7.71. The van der Waals surface area contributed by atoms with Gasteiger partial charge >= 0.3 is 0 Å². The van der Waals surface area contributed by atoms with Gasteiger partial charge in [-0.15, -0.1) is 0 Å². The molecule has 162 valence electrons. The van der Waals surface area contributed by atoms with Crippen molar-refractivity contribution in [2.75, 3.05) is 0 Å². The van der Waals surface area contributed by atoms with E-state index in [1.54, 1.807) is 24.4 Å². The standard InChI is InChI=1S/C26H23ClN2O3/c1-2-13-5-7-17(32-21-12-28-20-10-16(27)6-8-19(20)29-21)11-18(13)24-25(30)22-14-3-4-15(9-14)23(22)26(24)31/h5-8,10-12,14-15,22-23,30H,2-4,9H2,1H3/t14-,15+,22-,23+/m0/s1. The zero-order chi connectivity index (χ0) is 22.0. The second-order valence-electron chi connectivity index (χ2n) is 9.13. The molecule has 2 saturated carbocycles. The van der Waals surface area contributed by atoms with Crippen molar-refractivity contribution < 1.29 is 14.6 Å². The summed E-state index contributed by atoms with van der Waals surface area (Å²) < 4.78 is 6.01. The molecule has 32 heavy (non-hydrogen) atoms. The Labute approximate surface area is 191 Å². The number of benzene rings is 2. The Kier molecular flexibility index (Phi) is 4.51. The smallest absolute Gasteiger partial charge is 0.238 e. The Hall–Kier alpha value is -2.92. The van der Waals surface area contributed by atoms with E-state index in [9.17, 15) is 9.90 Å². The number of rotatable bonds is 4. The van der Waals surface area contributed by atoms with E-state index in [2.05, 4.69) is 16.9 Å². The lowest BCUT2D eigenvalue weighted by Gasteiger charge is -2.23. The zero-order valence-corrected chi connectivity index (χ0v) is 18.5. The highest BCUT2D eigenvalue weighted by molar-refractivity contribution is 6.31. The number of aryl methyl sites for hydroxylation is 1. The van der Waals surface area contributed by atoms with Crippen LogP contribution in [0.15, 0.2) is 48.4 Å². The highest BCUT2D eigenvalue weighted by Crippen LogP contribution is 2.60. The van der Waals surface area contributed by atoms with Gasteiger partial charge in [-0.2, -0.15) is 0 Å². The van der Waals surface area contributed by atoms with Crippen LogP contribution in [0.4, 0.5) is 0 Å². The molecule has 4 atom stereocenters. The molecule has 0 radical (unpaired) electrons. The van der Waals surface area contributed by atoms with Crippen molar-refractivity contribution in [1.82, 2.24) is 9.97 Å². The number of nitrogens with zero attached hydrogens (tertiary/aromatic N) is 2. The SMILES string of the molecule is CCc1ccc(Oc2cnc3cc(Cl)ccc3n2)cc1C1=C(O)[C@H]2[C@H]3CC[C@H](C3)[C@H]2C1=O. The maximum atomic E-state index is 13.4. The topological polar surface area (TPSA) is 72.3 Å². The van der Waals surface area contributed by atoms with Crippen molar-refractivity contribution in [2.24, 2.45) is 23.7 Å². The van der Waals surface area contributed by atoms with Crippen molar-refractivity contribution in [2.45, 2.75) is 32.6 Å². The van der Waals surface area contributed by atoms with Gasteiger partial charge in [-0.3, -0.25) is 4.79 Å². The van der Waals surface area contributed by atoms with E-state index in [4.69, 9.17) is 16.3 Å². The molecular formula is C26H23ClN2O3. The molecule has 0 amide bonds. The van der Waals surface area contributed by atoms with Crippen molar-refractivity contribution in [3.05, 3.63) is 64.5 Å². The first-order valence-electron chi connectivity index (χ1n) is 11.2. The average Bonchev–Trinajstić information content (AvgIpc) is 3.47. The van der Waals surface area contributed by atoms with Gasteiger partial charge in [0.2, 0.25) is 5.88 Å². The van der Waals surface area contributed by atoms with Gasteiger partial charge in [0.15, 0.2) is 5.78 Å². The van der Waals surface area contributed by atoms with E-state index >= 15 is 0 Å². The number of halogens is 1. The van der Waals surface area contributed by atoms with E-state index in [0.717, 1.165) is 36.8 Å². The third-order valence-electron chi connectivity index (χ3n) is 7.47. The third kappa shape index (κ3) is 2.95. The maximum absolute atomic E-state index is 13.4. The molecule has 2 bridgehead atoms. The highest BCUT2D eigenvalue weighted by Gasteiger charge is 2.57. The van der Waals surface area contributed by atoms with Gasteiger partial charge in [0.05, 0.1) is 22.8 Å². The van der Waals surface area contributed by atoms with Crippen LogP contribution in [0.1, 0.15) is 37.3 Å². The lowest BCUT2D eigenvalue weighted by molar-refractivity contribution is -0.118. The molecule has 6 rings (SSSR count). The first-order valence-corrected chi connectivity index (χ1v) is 11.6. The van der Waals surface area contributed by atoms with E-state index in [1.807, 2.05) is 18.2 Å². The van der Waals surface area contributed by atoms with Crippen LogP contribution in [0, 0.1) is 23.7 Å². The molecule has 2 aromatic carbocycles. The molecule has 1 heterocycles. The number of ketones is 1. The summed E-state index contributed by atoms with van der Waals surface area (Å²) in [7, 11) is 0. The highest BCUT2D eigenvalue weighted by atomic mass is 35.5. The molecule has 0 unspecified atom stereocenters. The summed E-state index contributed by atoms with van der Waals surface area (Å²) in [6.45, 7) is 2.06. The molecular weight excluding hydrogens is 424 g/mol. The minimum absolute atomic E-state index is 0.00343. The summed E-state index contributed by atoms with van der Waals surface area (Å²) in [5, 5.41) is 11.7. The Balaban J connectivity index is 1.37. The first kappa shape index (κ1) is 19.7. The van der Waals surface area contributed by atoms with Gasteiger partial charge in [-0.25, -0.2) is 9.97 Å². The van der Waals surface area contributed by atoms with Crippen LogP contribution in [-0.2, 0) is 11.2 Å². The molecule has 1 aromatic heterocycles. The molecule has 6 heteroatoms. The summed E-state index contributed by atoms with van der Waals surface area (Å²) in [4.78, 5) is 22.3. The van der Waals surface area contributed by atoms with Crippen LogP contribution in [-0.4, -0.2) is 20.9 Å². The van der Waals surface area contributed by atoms with Crippen LogP contribution < -0.4 is 4.74 Å². The van der Waals surface area contributed by atoms with E-state index in [0.29, 0.717) is 50.9 Å². The number of hydrogen-bond donors (Lipinski definition) is 1. The minimum atomic E-state index is -0.0452. The average molecular weight is 447 g/mol. The number of ether oxygens (including phenoxy) is 1. The predicted molar refractivity (Wildman–Crippen MR) is 123 cm³/mol. The van der Waals surface area contributed by atoms with Crippen molar-refractivity contribution in [3.8, 4) is 11.6 Å². The van der Waals surface area contributed by atoms with E-state index in [-0.39, 0.29) is 17.6 Å². The molecule has 0 spiro atoms. The Morgan fingerprint density at radius 1 is 1.09 bits per heavy atom. The fourth-order valence-electron chi connectivity index (χ4n) is 6.09. The molecule has 1 N–H and O–H groups in total. The van der Waals surface area contributed by atoms with Gasteiger partial charge < -0.3 is 9.84 Å². The molecule has 3 aliphatic carbocycles. The quantitative estimate of drug-likeness (QED) is 0.520. The molecule has 0 aliphatic heterocycles. The van der Waals surface area contributed by atoms with Crippen molar-refractivity contribution in [1.29, 1.82) is 0 Å². The number of aliphatic hydroxyl groups excluding tert-OH is 1. The second-order valence-corrected chi connectivity index (χ2v) is 9.56. The van der Waals surface area contributed by atoms with Gasteiger partial charge in [-0.05, 0) is 79.0 Å². The van der Waals surface area contributed by atoms with Crippen LogP contribution in [0.3, 0.4) is 0 Å². The van der Waals surface area contributed by atoms with Gasteiger partial charge in [0.25, 0.3) is 0 Å². The summed E-state index contributed by atoms with van der Waals surface area (Å²) in [5.74, 6) is 2.14. The summed E-state index contributed by atoms with van der Waals surface area (Å²) >= 11 is 6.03. The number of aliphatic hydroxyl groups is 1. The Morgan fingerprint density at radius 3 is 2.69 bits per heavy atom. The fourth-order valence-corrected chi connectivity index (χ4v) is 6.26. The van der Waals surface area contributed by atoms with Gasteiger partial charge in [-0.1, -0.05) is 24.6 Å². The Morgan fingerprint density at radius 2 is 1.91 bits per heavy atom.